The van der Waals surface area contributed by atoms with E-state index in [1.165, 1.54) is 6.92 Å². The summed E-state index contributed by atoms with van der Waals surface area (Å²) < 4.78 is 0. The van der Waals surface area contributed by atoms with E-state index in [9.17, 15) is 34.5 Å². The van der Waals surface area contributed by atoms with Gasteiger partial charge in [0.1, 0.15) is 24.2 Å². The summed E-state index contributed by atoms with van der Waals surface area (Å²) in [7, 11) is 0. The van der Waals surface area contributed by atoms with E-state index < -0.39 is 66.5 Å². The number of amides is 3. The summed E-state index contributed by atoms with van der Waals surface area (Å²) in [6.07, 6.45) is -0.631. The molecule has 0 aliphatic heterocycles. The van der Waals surface area contributed by atoms with Crippen LogP contribution in [0, 0.1) is 11.8 Å². The van der Waals surface area contributed by atoms with Crippen LogP contribution in [0.5, 0.6) is 0 Å². The number of nitrogens with one attached hydrogen (secondary N) is 3. The molecule has 29 heavy (non-hydrogen) atoms. The first-order chi connectivity index (χ1) is 13.4. The summed E-state index contributed by atoms with van der Waals surface area (Å²) in [5, 5.41) is 35.2. The van der Waals surface area contributed by atoms with Crippen molar-refractivity contribution in [2.24, 2.45) is 17.6 Å². The molecule has 11 heteroatoms. The Hall–Kier alpha value is -2.24. The summed E-state index contributed by atoms with van der Waals surface area (Å²) in [5.41, 5.74) is 5.56. The molecule has 3 amide bonds. The van der Waals surface area contributed by atoms with Crippen molar-refractivity contribution in [2.45, 2.75) is 71.3 Å². The SMILES string of the molecule is CCC(C)C(NC(=O)C(CO)NC(=O)C(NC(=O)C(N)C(C)O)C(C)C)C(=O)O. The lowest BCUT2D eigenvalue weighted by molar-refractivity contribution is -0.144. The molecule has 6 unspecified atom stereocenters. The van der Waals surface area contributed by atoms with Crippen LogP contribution < -0.4 is 21.7 Å². The molecule has 0 aromatic rings. The highest BCUT2D eigenvalue weighted by Crippen LogP contribution is 2.09. The van der Waals surface area contributed by atoms with Crippen LogP contribution in [0.1, 0.15) is 41.0 Å². The minimum atomic E-state index is -1.41. The molecular weight excluding hydrogens is 384 g/mol. The molecule has 11 nitrogen and oxygen atoms in total. The number of hydrogen-bond donors (Lipinski definition) is 7. The van der Waals surface area contributed by atoms with Crippen LogP contribution >= 0.6 is 0 Å². The van der Waals surface area contributed by atoms with E-state index in [1.54, 1.807) is 27.7 Å². The number of hydrogen-bond acceptors (Lipinski definition) is 7. The monoisotopic (exact) mass is 418 g/mol. The topological polar surface area (TPSA) is 191 Å². The molecule has 0 aromatic carbocycles. The Morgan fingerprint density at radius 3 is 1.79 bits per heavy atom. The molecule has 8 N–H and O–H groups in total. The van der Waals surface area contributed by atoms with Crippen molar-refractivity contribution in [1.29, 1.82) is 0 Å². The van der Waals surface area contributed by atoms with E-state index in [4.69, 9.17) is 5.73 Å². The molecule has 0 rings (SSSR count). The zero-order valence-electron chi connectivity index (χ0n) is 17.5. The van der Waals surface area contributed by atoms with Crippen LogP contribution in [0.3, 0.4) is 0 Å². The zero-order valence-corrected chi connectivity index (χ0v) is 17.5. The fourth-order valence-electron chi connectivity index (χ4n) is 2.40. The predicted molar refractivity (Wildman–Crippen MR) is 104 cm³/mol. The van der Waals surface area contributed by atoms with Crippen LogP contribution in [0.25, 0.3) is 0 Å². The number of nitrogens with two attached hydrogens (primary N) is 1. The van der Waals surface area contributed by atoms with Gasteiger partial charge < -0.3 is 37.0 Å². The number of carbonyl (C=O) groups is 4. The Labute approximate surface area is 170 Å². The van der Waals surface area contributed by atoms with Gasteiger partial charge in [0.05, 0.1) is 12.7 Å². The fourth-order valence-corrected chi connectivity index (χ4v) is 2.40. The lowest BCUT2D eigenvalue weighted by Crippen LogP contribution is -2.60. The summed E-state index contributed by atoms with van der Waals surface area (Å²) in [6, 6.07) is -4.91. The van der Waals surface area contributed by atoms with Crippen molar-refractivity contribution >= 4 is 23.7 Å². The number of aliphatic hydroxyl groups is 2. The molecule has 0 radical (unpaired) electrons. The molecule has 0 saturated heterocycles. The Morgan fingerprint density at radius 1 is 0.897 bits per heavy atom. The average molecular weight is 418 g/mol. The van der Waals surface area contributed by atoms with E-state index in [0.717, 1.165) is 0 Å². The maximum atomic E-state index is 12.6. The van der Waals surface area contributed by atoms with Crippen molar-refractivity contribution in [3.63, 3.8) is 0 Å². The highest BCUT2D eigenvalue weighted by atomic mass is 16.4. The maximum Gasteiger partial charge on any atom is 0.326 e. The third-order valence-corrected chi connectivity index (χ3v) is 4.66. The molecule has 0 bridgehead atoms. The second-order valence-corrected chi connectivity index (χ2v) is 7.45. The molecule has 0 spiro atoms. The van der Waals surface area contributed by atoms with E-state index in [1.807, 2.05) is 0 Å². The number of aliphatic carboxylic acids is 1. The first-order valence-corrected chi connectivity index (χ1v) is 9.55. The van der Waals surface area contributed by atoms with Gasteiger partial charge in [-0.3, -0.25) is 14.4 Å². The molecule has 0 fully saturated rings. The van der Waals surface area contributed by atoms with Gasteiger partial charge in [-0.05, 0) is 18.8 Å². The van der Waals surface area contributed by atoms with Crippen molar-refractivity contribution in [1.82, 2.24) is 16.0 Å². The Kier molecular flexibility index (Phi) is 11.4. The number of carboxylic acid groups (broad SMARTS) is 1. The van der Waals surface area contributed by atoms with Gasteiger partial charge in [-0.25, -0.2) is 4.79 Å². The minimum absolute atomic E-state index is 0.365. The van der Waals surface area contributed by atoms with Gasteiger partial charge in [0.2, 0.25) is 17.7 Å². The van der Waals surface area contributed by atoms with Gasteiger partial charge in [0, 0.05) is 0 Å². The number of carboxylic acids is 1. The molecule has 6 atom stereocenters. The molecule has 0 saturated carbocycles. The average Bonchev–Trinajstić information content (AvgIpc) is 2.65. The van der Waals surface area contributed by atoms with Gasteiger partial charge in [-0.15, -0.1) is 0 Å². The maximum absolute atomic E-state index is 12.6. The second kappa shape index (κ2) is 12.3. The normalized spacial score (nSPS) is 17.4. The van der Waals surface area contributed by atoms with Gasteiger partial charge >= 0.3 is 5.97 Å². The third-order valence-electron chi connectivity index (χ3n) is 4.66. The highest BCUT2D eigenvalue weighted by molar-refractivity contribution is 5.94. The quantitative estimate of drug-likeness (QED) is 0.188. The molecule has 0 heterocycles. The van der Waals surface area contributed by atoms with Gasteiger partial charge in [0.25, 0.3) is 0 Å². The molecule has 0 aliphatic carbocycles. The number of carbonyl (C=O) groups excluding carboxylic acids is 3. The number of rotatable bonds is 12. The molecule has 0 aromatic heterocycles. The fraction of sp³-hybridized carbons (Fsp3) is 0.778. The van der Waals surface area contributed by atoms with E-state index >= 15 is 0 Å². The van der Waals surface area contributed by atoms with E-state index in [2.05, 4.69) is 16.0 Å². The highest BCUT2D eigenvalue weighted by Gasteiger charge is 2.33. The van der Waals surface area contributed by atoms with Gasteiger partial charge in [0.15, 0.2) is 0 Å². The zero-order chi connectivity index (χ0) is 22.9. The predicted octanol–water partition coefficient (Wildman–Crippen LogP) is -2.07. The van der Waals surface area contributed by atoms with Crippen LogP contribution in [-0.2, 0) is 19.2 Å². The Bertz CT molecular complexity index is 583. The standard InChI is InChI=1S/C18H34N4O7/c1-6-9(4)14(18(28)29)22-15(25)11(7-23)20-17(27)13(8(2)3)21-16(26)12(19)10(5)24/h8-14,23-24H,6-7,19H2,1-5H3,(H,20,27)(H,21,26)(H,22,25)(H,28,29). The van der Waals surface area contributed by atoms with Crippen LogP contribution in [0.15, 0.2) is 0 Å². The van der Waals surface area contributed by atoms with Crippen molar-refractivity contribution in [3.8, 4) is 0 Å². The summed E-state index contributed by atoms with van der Waals surface area (Å²) in [6.45, 7) is 7.28. The lowest BCUT2D eigenvalue weighted by Gasteiger charge is -2.27. The second-order valence-electron chi connectivity index (χ2n) is 7.45. The van der Waals surface area contributed by atoms with Crippen molar-refractivity contribution < 1.29 is 34.5 Å². The lowest BCUT2D eigenvalue weighted by atomic mass is 9.98. The van der Waals surface area contributed by atoms with Crippen molar-refractivity contribution in [2.75, 3.05) is 6.61 Å². The molecular formula is C18H34N4O7. The Balaban J connectivity index is 5.22. The summed E-state index contributed by atoms with van der Waals surface area (Å²) in [4.78, 5) is 48.3. The van der Waals surface area contributed by atoms with Crippen molar-refractivity contribution in [3.05, 3.63) is 0 Å². The summed E-state index contributed by atoms with van der Waals surface area (Å²) >= 11 is 0. The van der Waals surface area contributed by atoms with E-state index in [-0.39, 0.29) is 5.92 Å². The van der Waals surface area contributed by atoms with Gasteiger partial charge in [-0.1, -0.05) is 34.1 Å². The molecule has 168 valence electrons. The molecule has 0 aliphatic rings. The third kappa shape index (κ3) is 8.34. The van der Waals surface area contributed by atoms with Crippen LogP contribution in [-0.4, -0.2) is 75.9 Å². The smallest absolute Gasteiger partial charge is 0.326 e. The largest absolute Gasteiger partial charge is 0.480 e. The van der Waals surface area contributed by atoms with Crippen LogP contribution in [0.4, 0.5) is 0 Å². The van der Waals surface area contributed by atoms with E-state index in [0.29, 0.717) is 6.42 Å². The number of aliphatic hydroxyl groups excluding tert-OH is 2. The van der Waals surface area contributed by atoms with Gasteiger partial charge in [-0.2, -0.15) is 0 Å². The first kappa shape index (κ1) is 26.8. The summed E-state index contributed by atoms with van der Waals surface area (Å²) in [5.74, 6) is -4.35. The van der Waals surface area contributed by atoms with Crippen LogP contribution in [0.2, 0.25) is 0 Å². The minimum Gasteiger partial charge on any atom is -0.480 e. The Morgan fingerprint density at radius 2 is 1.41 bits per heavy atom. The first-order valence-electron chi connectivity index (χ1n) is 9.55.